The van der Waals surface area contributed by atoms with Crippen LogP contribution >= 0.6 is 23.1 Å². The van der Waals surface area contributed by atoms with E-state index in [2.05, 4.69) is 34.8 Å². The lowest BCUT2D eigenvalue weighted by molar-refractivity contribution is -0.121. The van der Waals surface area contributed by atoms with Crippen molar-refractivity contribution in [2.24, 2.45) is 5.92 Å². The molecule has 2 aromatic rings. The Hall–Kier alpha value is -2.39. The van der Waals surface area contributed by atoms with E-state index in [0.29, 0.717) is 11.6 Å². The van der Waals surface area contributed by atoms with Gasteiger partial charge in [-0.05, 0) is 30.5 Å². The molecule has 0 aliphatic carbocycles. The van der Waals surface area contributed by atoms with E-state index in [-0.39, 0.29) is 30.7 Å². The molecule has 29 heavy (non-hydrogen) atoms. The van der Waals surface area contributed by atoms with Crippen molar-refractivity contribution in [3.05, 3.63) is 40.4 Å². The van der Waals surface area contributed by atoms with Gasteiger partial charge < -0.3 is 10.6 Å². The van der Waals surface area contributed by atoms with Crippen LogP contribution in [0.5, 0.6) is 0 Å². The van der Waals surface area contributed by atoms with Crippen molar-refractivity contribution in [3.63, 3.8) is 0 Å². The van der Waals surface area contributed by atoms with E-state index in [0.717, 1.165) is 26.2 Å². The molecule has 154 valence electrons. The predicted octanol–water partition coefficient (Wildman–Crippen LogP) is 3.65. The van der Waals surface area contributed by atoms with E-state index in [4.69, 9.17) is 0 Å². The molecule has 1 aromatic carbocycles. The summed E-state index contributed by atoms with van der Waals surface area (Å²) in [6.07, 6.45) is 0.478. The first-order valence-corrected chi connectivity index (χ1v) is 11.2. The molecule has 1 fully saturated rings. The van der Waals surface area contributed by atoms with Gasteiger partial charge in [-0.1, -0.05) is 37.7 Å². The molecule has 0 saturated carbocycles. The average molecular weight is 433 g/mol. The van der Waals surface area contributed by atoms with Gasteiger partial charge in [-0.25, -0.2) is 9.78 Å². The summed E-state index contributed by atoms with van der Waals surface area (Å²) in [5.74, 6) is 1.20. The highest BCUT2D eigenvalue weighted by atomic mass is 32.2. The molecule has 3 rings (SSSR count). The van der Waals surface area contributed by atoms with Crippen LogP contribution in [0.15, 0.2) is 28.6 Å². The molecule has 2 heterocycles. The number of urea groups is 1. The van der Waals surface area contributed by atoms with Gasteiger partial charge in [0.15, 0.2) is 0 Å². The van der Waals surface area contributed by atoms with Crippen LogP contribution in [0.3, 0.4) is 0 Å². The number of aromatic nitrogens is 1. The van der Waals surface area contributed by atoms with E-state index in [1.54, 1.807) is 47.4 Å². The Kier molecular flexibility index (Phi) is 6.92. The number of imide groups is 1. The van der Waals surface area contributed by atoms with E-state index < -0.39 is 6.03 Å². The quantitative estimate of drug-likeness (QED) is 0.580. The second-order valence-corrected chi connectivity index (χ2v) is 9.67. The van der Waals surface area contributed by atoms with Crippen molar-refractivity contribution in [2.45, 2.75) is 44.0 Å². The number of thioether (sulfide) groups is 1. The van der Waals surface area contributed by atoms with Crippen molar-refractivity contribution < 1.29 is 14.4 Å². The lowest BCUT2D eigenvalue weighted by atomic mass is 10.0. The lowest BCUT2D eigenvalue weighted by Crippen LogP contribution is -2.48. The number of nitrogens with zero attached hydrogens (tertiary/aromatic N) is 1. The van der Waals surface area contributed by atoms with Crippen molar-refractivity contribution >= 4 is 46.6 Å². The van der Waals surface area contributed by atoms with Crippen LogP contribution < -0.4 is 16.0 Å². The smallest absolute Gasteiger partial charge is 0.321 e. The number of anilines is 1. The Morgan fingerprint density at radius 2 is 2.03 bits per heavy atom. The Morgan fingerprint density at radius 1 is 1.31 bits per heavy atom. The van der Waals surface area contributed by atoms with Crippen LogP contribution in [-0.4, -0.2) is 28.6 Å². The van der Waals surface area contributed by atoms with Crippen LogP contribution in [0.2, 0.25) is 0 Å². The van der Waals surface area contributed by atoms with Crippen LogP contribution in [0.25, 0.3) is 0 Å². The molecule has 1 aromatic heterocycles. The second kappa shape index (κ2) is 9.41. The van der Waals surface area contributed by atoms with Gasteiger partial charge in [-0.3, -0.25) is 14.9 Å². The fourth-order valence-corrected chi connectivity index (χ4v) is 5.03. The molecule has 1 saturated heterocycles. The number of rotatable bonds is 7. The first kappa shape index (κ1) is 21.3. The third-order valence-electron chi connectivity index (χ3n) is 4.28. The summed E-state index contributed by atoms with van der Waals surface area (Å²) in [6, 6.07) is 6.30. The number of nitrogens with one attached hydrogen (secondary N) is 3. The third-order valence-corrected chi connectivity index (χ3v) is 7.01. The largest absolute Gasteiger partial charge is 0.330 e. The Labute approximate surface area is 178 Å². The van der Waals surface area contributed by atoms with E-state index >= 15 is 0 Å². The minimum absolute atomic E-state index is 0.102. The average Bonchev–Trinajstić information content (AvgIpc) is 2.99. The van der Waals surface area contributed by atoms with Gasteiger partial charge in [0.05, 0.1) is 24.6 Å². The minimum atomic E-state index is -0.491. The number of benzene rings is 1. The van der Waals surface area contributed by atoms with E-state index in [1.165, 1.54) is 0 Å². The van der Waals surface area contributed by atoms with Gasteiger partial charge >= 0.3 is 6.03 Å². The molecular formula is C20H24N4O3S2. The van der Waals surface area contributed by atoms with E-state index in [9.17, 15) is 14.4 Å². The number of hydrogen-bond donors (Lipinski definition) is 3. The molecule has 0 spiro atoms. The highest BCUT2D eigenvalue weighted by Gasteiger charge is 2.24. The number of carbonyl (C=O) groups excluding carboxylic acids is 3. The first-order valence-electron chi connectivity index (χ1n) is 9.39. The minimum Gasteiger partial charge on any atom is -0.330 e. The van der Waals surface area contributed by atoms with Gasteiger partial charge in [-0.15, -0.1) is 11.3 Å². The van der Waals surface area contributed by atoms with Crippen LogP contribution in [0, 0.1) is 12.8 Å². The van der Waals surface area contributed by atoms with E-state index in [1.807, 2.05) is 6.92 Å². The number of aryl methyl sites for hydroxylation is 1. The fourth-order valence-electron chi connectivity index (χ4n) is 2.82. The number of amides is 4. The standard InChI is InChI=1S/C20H24N4O3S2/c1-11(2)10-28-20-21-12(3)16(29-20)9-18(26)22-14-6-4-13(5-7-14)15-8-17(25)24-19(27)23-15/h4-7,11,15H,8-10H2,1-3H3,(H,22,26)(H2,23,24,25,27). The predicted molar refractivity (Wildman–Crippen MR) is 115 cm³/mol. The molecule has 1 atom stereocenters. The first-order chi connectivity index (χ1) is 13.8. The summed E-state index contributed by atoms with van der Waals surface area (Å²) >= 11 is 3.30. The number of hydrogen-bond acceptors (Lipinski definition) is 6. The molecule has 3 N–H and O–H groups in total. The Bertz CT molecular complexity index is 893. The maximum Gasteiger partial charge on any atom is 0.321 e. The van der Waals surface area contributed by atoms with Gasteiger partial charge in [0.1, 0.15) is 4.34 Å². The SMILES string of the molecule is Cc1nc(SCC(C)C)sc1CC(=O)Nc1ccc(C2CC(=O)NC(=O)N2)cc1. The van der Waals surface area contributed by atoms with Crippen molar-refractivity contribution in [2.75, 3.05) is 11.1 Å². The molecule has 0 radical (unpaired) electrons. The maximum absolute atomic E-state index is 12.4. The summed E-state index contributed by atoms with van der Waals surface area (Å²) in [5.41, 5.74) is 2.39. The van der Waals surface area contributed by atoms with Gasteiger partial charge in [0, 0.05) is 16.3 Å². The monoisotopic (exact) mass is 432 g/mol. The molecule has 1 aliphatic heterocycles. The van der Waals surface area contributed by atoms with Crippen LogP contribution in [0.4, 0.5) is 10.5 Å². The zero-order chi connectivity index (χ0) is 21.0. The van der Waals surface area contributed by atoms with Gasteiger partial charge in [0.25, 0.3) is 0 Å². The fraction of sp³-hybridized carbons (Fsp3) is 0.400. The van der Waals surface area contributed by atoms with Crippen molar-refractivity contribution in [3.8, 4) is 0 Å². The van der Waals surface area contributed by atoms with Gasteiger partial charge in [-0.2, -0.15) is 0 Å². The summed E-state index contributed by atoms with van der Waals surface area (Å²) in [5, 5.41) is 7.81. The summed E-state index contributed by atoms with van der Waals surface area (Å²) in [6.45, 7) is 6.27. The zero-order valence-corrected chi connectivity index (χ0v) is 18.2. The van der Waals surface area contributed by atoms with Crippen molar-refractivity contribution in [1.29, 1.82) is 0 Å². The van der Waals surface area contributed by atoms with Crippen LogP contribution in [-0.2, 0) is 16.0 Å². The molecule has 9 heteroatoms. The third kappa shape index (κ3) is 6.04. The molecule has 4 amide bonds. The normalized spacial score (nSPS) is 16.5. The summed E-state index contributed by atoms with van der Waals surface area (Å²) < 4.78 is 1.00. The maximum atomic E-state index is 12.4. The Balaban J connectivity index is 1.57. The highest BCUT2D eigenvalue weighted by Crippen LogP contribution is 2.29. The number of thiazole rings is 1. The summed E-state index contributed by atoms with van der Waals surface area (Å²) in [7, 11) is 0. The lowest BCUT2D eigenvalue weighted by Gasteiger charge is -2.23. The van der Waals surface area contributed by atoms with Crippen LogP contribution in [0.1, 0.15) is 42.4 Å². The second-order valence-electron chi connectivity index (χ2n) is 7.32. The molecule has 1 unspecified atom stereocenters. The topological polar surface area (TPSA) is 100 Å². The molecule has 1 aliphatic rings. The molecule has 7 nitrogen and oxygen atoms in total. The summed E-state index contributed by atoms with van der Waals surface area (Å²) in [4.78, 5) is 40.9. The van der Waals surface area contributed by atoms with Crippen molar-refractivity contribution in [1.82, 2.24) is 15.6 Å². The Morgan fingerprint density at radius 3 is 2.69 bits per heavy atom. The molecular weight excluding hydrogens is 408 g/mol. The molecule has 0 bridgehead atoms. The van der Waals surface area contributed by atoms with Gasteiger partial charge in [0.2, 0.25) is 11.8 Å². The zero-order valence-electron chi connectivity index (χ0n) is 16.6. The highest BCUT2D eigenvalue weighted by molar-refractivity contribution is 8.01. The number of carbonyl (C=O) groups is 3.